The third-order valence-corrected chi connectivity index (χ3v) is 13.4. The summed E-state index contributed by atoms with van der Waals surface area (Å²) < 4.78 is 0. The second kappa shape index (κ2) is 14.6. The number of thioether (sulfide) groups is 1. The Hall–Kier alpha value is -0.240. The van der Waals surface area contributed by atoms with Crippen LogP contribution < -0.4 is 0 Å². The zero-order valence-electron chi connectivity index (χ0n) is 25.8. The van der Waals surface area contributed by atoms with Crippen molar-refractivity contribution in [3.05, 3.63) is 11.6 Å². The van der Waals surface area contributed by atoms with Crippen LogP contribution in [0.1, 0.15) is 169 Å². The highest BCUT2D eigenvalue weighted by molar-refractivity contribution is 8.14. The fraction of sp³-hybridized carbons (Fsp3) is 0.917. The lowest BCUT2D eigenvalue weighted by Gasteiger charge is -2.58. The van der Waals surface area contributed by atoms with E-state index in [0.717, 1.165) is 36.5 Å². The highest BCUT2D eigenvalue weighted by Gasteiger charge is 2.58. The molecule has 0 radical (unpaired) electrons. The molecule has 0 heterocycles. The largest absolute Gasteiger partial charge is 0.287 e. The Labute approximate surface area is 241 Å². The number of hydrogen-bond donors (Lipinski definition) is 0. The first-order chi connectivity index (χ1) is 18.4. The van der Waals surface area contributed by atoms with Crippen molar-refractivity contribution in [3.63, 3.8) is 0 Å². The van der Waals surface area contributed by atoms with Gasteiger partial charge in [0.1, 0.15) is 0 Å². The Kier molecular flexibility index (Phi) is 11.8. The zero-order valence-corrected chi connectivity index (χ0v) is 26.7. The number of carbonyl (C=O) groups is 1. The first kappa shape index (κ1) is 30.7. The molecule has 1 nitrogen and oxygen atoms in total. The van der Waals surface area contributed by atoms with Gasteiger partial charge >= 0.3 is 0 Å². The molecule has 3 fully saturated rings. The standard InChI is InChI=1S/C36H62OS/c1-5-7-9-11-13-15-17-28-20-22-32-31-21-19-29-27-30(38-34(37)18-16-14-12-10-8-6-2)23-25-36(29,4)33(31)24-26-35(28,32)3/h19,28,30-33H,5-18,20-27H2,1-4H3/t28-,30-,31+,32+,33+,35+,36-/m0/s1. The molecule has 0 saturated heterocycles. The molecule has 38 heavy (non-hydrogen) atoms. The van der Waals surface area contributed by atoms with Crippen molar-refractivity contribution in [1.29, 1.82) is 0 Å². The normalized spacial score (nSPS) is 36.3. The molecule has 4 rings (SSSR count). The summed E-state index contributed by atoms with van der Waals surface area (Å²) in [6.07, 6.45) is 32.3. The van der Waals surface area contributed by atoms with E-state index in [1.165, 1.54) is 128 Å². The number of rotatable bonds is 15. The number of fused-ring (bicyclic) bond motifs is 5. The molecule has 7 atom stereocenters. The van der Waals surface area contributed by atoms with Gasteiger partial charge in [-0.3, -0.25) is 4.79 Å². The van der Waals surface area contributed by atoms with E-state index in [4.69, 9.17) is 0 Å². The summed E-state index contributed by atoms with van der Waals surface area (Å²) in [5.41, 5.74) is 2.78. The number of unbranched alkanes of at least 4 members (excludes halogenated alkanes) is 10. The molecule has 4 aliphatic carbocycles. The highest BCUT2D eigenvalue weighted by atomic mass is 32.2. The van der Waals surface area contributed by atoms with E-state index in [2.05, 4.69) is 33.8 Å². The van der Waals surface area contributed by atoms with E-state index < -0.39 is 0 Å². The van der Waals surface area contributed by atoms with Gasteiger partial charge in [-0.05, 0) is 98.7 Å². The molecule has 0 unspecified atom stereocenters. The van der Waals surface area contributed by atoms with Crippen LogP contribution in [0.15, 0.2) is 11.6 Å². The van der Waals surface area contributed by atoms with Crippen molar-refractivity contribution in [1.82, 2.24) is 0 Å². The summed E-state index contributed by atoms with van der Waals surface area (Å²) in [6, 6.07) is 0. The molecule has 218 valence electrons. The highest BCUT2D eigenvalue weighted by Crippen LogP contribution is 2.67. The van der Waals surface area contributed by atoms with E-state index in [0.29, 0.717) is 21.2 Å². The minimum absolute atomic E-state index is 0.418. The minimum Gasteiger partial charge on any atom is -0.287 e. The van der Waals surface area contributed by atoms with Crippen LogP contribution >= 0.6 is 11.8 Å². The molecule has 0 N–H and O–H groups in total. The van der Waals surface area contributed by atoms with Gasteiger partial charge in [-0.15, -0.1) is 0 Å². The lowest BCUT2D eigenvalue weighted by atomic mass is 9.47. The van der Waals surface area contributed by atoms with Gasteiger partial charge in [0, 0.05) is 11.7 Å². The molecular weight excluding hydrogens is 480 g/mol. The van der Waals surface area contributed by atoms with Crippen molar-refractivity contribution in [2.75, 3.05) is 0 Å². The van der Waals surface area contributed by atoms with Crippen molar-refractivity contribution in [2.24, 2.45) is 34.5 Å². The Morgan fingerprint density at radius 2 is 1.50 bits per heavy atom. The molecule has 3 saturated carbocycles. The Morgan fingerprint density at radius 1 is 0.816 bits per heavy atom. The smallest absolute Gasteiger partial charge is 0.189 e. The van der Waals surface area contributed by atoms with Crippen molar-refractivity contribution >= 4 is 16.9 Å². The van der Waals surface area contributed by atoms with Crippen LogP contribution in [0.4, 0.5) is 0 Å². The predicted octanol–water partition coefficient (Wildman–Crippen LogP) is 11.7. The van der Waals surface area contributed by atoms with Crippen LogP contribution in [0.2, 0.25) is 0 Å². The molecule has 4 aliphatic rings. The van der Waals surface area contributed by atoms with Crippen LogP contribution in [-0.2, 0) is 4.79 Å². The summed E-state index contributed by atoms with van der Waals surface area (Å²) in [4.78, 5) is 12.7. The summed E-state index contributed by atoms with van der Waals surface area (Å²) >= 11 is 1.72. The second-order valence-electron chi connectivity index (χ2n) is 14.5. The zero-order chi connectivity index (χ0) is 27.0. The van der Waals surface area contributed by atoms with E-state index >= 15 is 0 Å². The van der Waals surface area contributed by atoms with E-state index in [-0.39, 0.29) is 0 Å². The molecule has 0 bridgehead atoms. The average Bonchev–Trinajstić information content (AvgIpc) is 3.24. The maximum atomic E-state index is 12.7. The van der Waals surface area contributed by atoms with E-state index in [9.17, 15) is 4.79 Å². The van der Waals surface area contributed by atoms with E-state index in [1.807, 2.05) is 0 Å². The second-order valence-corrected chi connectivity index (χ2v) is 15.9. The van der Waals surface area contributed by atoms with Crippen LogP contribution in [-0.4, -0.2) is 10.4 Å². The fourth-order valence-electron chi connectivity index (χ4n) is 9.78. The fourth-order valence-corrected chi connectivity index (χ4v) is 10.9. The maximum absolute atomic E-state index is 12.7. The summed E-state index contributed by atoms with van der Waals surface area (Å²) in [6.45, 7) is 9.95. The molecule has 0 aromatic carbocycles. The van der Waals surface area contributed by atoms with Gasteiger partial charge < -0.3 is 0 Å². The van der Waals surface area contributed by atoms with Gasteiger partial charge in [-0.25, -0.2) is 0 Å². The van der Waals surface area contributed by atoms with Gasteiger partial charge in [0.15, 0.2) is 5.12 Å². The van der Waals surface area contributed by atoms with Crippen LogP contribution in [0.5, 0.6) is 0 Å². The molecule has 0 aromatic rings. The molecule has 0 aliphatic heterocycles. The van der Waals surface area contributed by atoms with Crippen LogP contribution in [0, 0.1) is 34.5 Å². The van der Waals surface area contributed by atoms with Crippen LogP contribution in [0.3, 0.4) is 0 Å². The first-order valence-electron chi connectivity index (χ1n) is 17.3. The quantitative estimate of drug-likeness (QED) is 0.151. The van der Waals surface area contributed by atoms with Crippen molar-refractivity contribution in [2.45, 2.75) is 174 Å². The maximum Gasteiger partial charge on any atom is 0.189 e. The van der Waals surface area contributed by atoms with Crippen molar-refractivity contribution in [3.8, 4) is 0 Å². The summed E-state index contributed by atoms with van der Waals surface area (Å²) in [5.74, 6) is 3.78. The van der Waals surface area contributed by atoms with Gasteiger partial charge in [-0.2, -0.15) is 0 Å². The molecule has 0 aromatic heterocycles. The van der Waals surface area contributed by atoms with Gasteiger partial charge in [0.25, 0.3) is 0 Å². The first-order valence-corrected chi connectivity index (χ1v) is 18.2. The Balaban J connectivity index is 1.27. The van der Waals surface area contributed by atoms with E-state index in [1.54, 1.807) is 17.3 Å². The predicted molar refractivity (Wildman–Crippen MR) is 168 cm³/mol. The molecule has 0 amide bonds. The monoisotopic (exact) mass is 542 g/mol. The molecular formula is C36H62OS. The van der Waals surface area contributed by atoms with Gasteiger partial charge in [0.2, 0.25) is 0 Å². The lowest BCUT2D eigenvalue weighted by molar-refractivity contribution is -0.111. The topological polar surface area (TPSA) is 17.1 Å². The van der Waals surface area contributed by atoms with Gasteiger partial charge in [-0.1, -0.05) is 122 Å². The molecule has 0 spiro atoms. The minimum atomic E-state index is 0.418. The van der Waals surface area contributed by atoms with Crippen LogP contribution in [0.25, 0.3) is 0 Å². The average molecular weight is 543 g/mol. The number of allylic oxidation sites excluding steroid dienone is 2. The number of carbonyl (C=O) groups excluding carboxylic acids is 1. The SMILES string of the molecule is CCCCCCCCC(=O)S[C@H]1CC[C@@]2(C)C(=CC[C@@H]3[C@H]4CC[C@H](CCCCCCCC)[C@@]4(C)CC[C@H]32)C1. The summed E-state index contributed by atoms with van der Waals surface area (Å²) in [5, 5.41) is 1.01. The molecule has 2 heteroatoms. The summed E-state index contributed by atoms with van der Waals surface area (Å²) in [7, 11) is 0. The third-order valence-electron chi connectivity index (χ3n) is 12.2. The third kappa shape index (κ3) is 7.15. The van der Waals surface area contributed by atoms with Crippen molar-refractivity contribution < 1.29 is 4.79 Å². The number of hydrogen-bond acceptors (Lipinski definition) is 2. The Bertz CT molecular complexity index is 771. The Morgan fingerprint density at radius 3 is 2.24 bits per heavy atom. The lowest BCUT2D eigenvalue weighted by Crippen LogP contribution is -2.50. The van der Waals surface area contributed by atoms with Gasteiger partial charge in [0.05, 0.1) is 0 Å².